The van der Waals surface area contributed by atoms with Crippen molar-refractivity contribution in [3.8, 4) is 0 Å². The maximum Gasteiger partial charge on any atom is 0.459 e. The van der Waals surface area contributed by atoms with Gasteiger partial charge in [0.2, 0.25) is 0 Å². The summed E-state index contributed by atoms with van der Waals surface area (Å²) in [7, 11) is 0. The minimum atomic E-state index is -5.70. The molecule has 0 saturated carbocycles. The van der Waals surface area contributed by atoms with E-state index in [4.69, 9.17) is 11.1 Å². The van der Waals surface area contributed by atoms with Crippen molar-refractivity contribution in [3.05, 3.63) is 0 Å². The van der Waals surface area contributed by atoms with Crippen LogP contribution in [0.15, 0.2) is 0 Å². The summed E-state index contributed by atoms with van der Waals surface area (Å²) in [4.78, 5) is 0. The van der Waals surface area contributed by atoms with E-state index in [-0.39, 0.29) is 0 Å². The van der Waals surface area contributed by atoms with Gasteiger partial charge in [0.1, 0.15) is 0 Å². The SMILES string of the molecule is N=C(CCN)C(F)(F)C(F)(F)F. The monoisotopic (exact) mass is 190 g/mol. The molecule has 0 aromatic rings. The van der Waals surface area contributed by atoms with E-state index >= 15 is 0 Å². The van der Waals surface area contributed by atoms with E-state index in [9.17, 15) is 22.0 Å². The lowest BCUT2D eigenvalue weighted by molar-refractivity contribution is -0.250. The van der Waals surface area contributed by atoms with Gasteiger partial charge in [-0.25, -0.2) is 0 Å². The Labute approximate surface area is 65.1 Å². The zero-order valence-electron chi connectivity index (χ0n) is 5.88. The van der Waals surface area contributed by atoms with Crippen molar-refractivity contribution in [2.24, 2.45) is 5.73 Å². The molecule has 0 unspecified atom stereocenters. The zero-order valence-corrected chi connectivity index (χ0v) is 5.88. The highest BCUT2D eigenvalue weighted by atomic mass is 19.4. The van der Waals surface area contributed by atoms with Gasteiger partial charge in [-0.15, -0.1) is 0 Å². The predicted molar refractivity (Wildman–Crippen MR) is 32.4 cm³/mol. The summed E-state index contributed by atoms with van der Waals surface area (Å²) >= 11 is 0. The van der Waals surface area contributed by atoms with Crippen LogP contribution in [0.5, 0.6) is 0 Å². The third-order valence-electron chi connectivity index (χ3n) is 1.13. The molecule has 0 aliphatic rings. The number of rotatable bonds is 3. The summed E-state index contributed by atoms with van der Waals surface area (Å²) < 4.78 is 58.6. The van der Waals surface area contributed by atoms with Gasteiger partial charge in [0.15, 0.2) is 0 Å². The van der Waals surface area contributed by atoms with Gasteiger partial charge in [0, 0.05) is 6.42 Å². The average molecular weight is 190 g/mol. The lowest BCUT2D eigenvalue weighted by Crippen LogP contribution is -2.44. The molecule has 0 rings (SSSR count). The number of halogens is 5. The Bertz CT molecular complexity index is 173. The van der Waals surface area contributed by atoms with Gasteiger partial charge in [0.05, 0.1) is 5.71 Å². The maximum atomic E-state index is 12.1. The Morgan fingerprint density at radius 3 is 1.83 bits per heavy atom. The van der Waals surface area contributed by atoms with Gasteiger partial charge >= 0.3 is 12.1 Å². The van der Waals surface area contributed by atoms with Crippen LogP contribution in [-0.4, -0.2) is 24.4 Å². The quantitative estimate of drug-likeness (QED) is 0.514. The van der Waals surface area contributed by atoms with E-state index < -0.39 is 30.8 Å². The van der Waals surface area contributed by atoms with Crippen molar-refractivity contribution in [2.45, 2.75) is 18.5 Å². The second-order valence-corrected chi connectivity index (χ2v) is 2.09. The van der Waals surface area contributed by atoms with Crippen LogP contribution in [0, 0.1) is 5.41 Å². The number of nitrogens with two attached hydrogens (primary N) is 1. The van der Waals surface area contributed by atoms with Crippen LogP contribution < -0.4 is 5.73 Å². The highest BCUT2D eigenvalue weighted by molar-refractivity contribution is 5.89. The normalized spacial score (nSPS) is 13.2. The van der Waals surface area contributed by atoms with Gasteiger partial charge in [-0.2, -0.15) is 22.0 Å². The first-order valence-electron chi connectivity index (χ1n) is 2.96. The molecule has 0 aliphatic heterocycles. The Balaban J connectivity index is 4.50. The van der Waals surface area contributed by atoms with Gasteiger partial charge in [-0.05, 0) is 6.54 Å². The summed E-state index contributed by atoms with van der Waals surface area (Å²) in [6, 6.07) is 0. The molecule has 3 N–H and O–H groups in total. The Hall–Kier alpha value is -0.720. The molecule has 0 fully saturated rings. The van der Waals surface area contributed by atoms with Crippen LogP contribution in [0.4, 0.5) is 22.0 Å². The number of hydrogen-bond donors (Lipinski definition) is 2. The maximum absolute atomic E-state index is 12.1. The Morgan fingerprint density at radius 2 is 1.58 bits per heavy atom. The molecule has 2 nitrogen and oxygen atoms in total. The largest absolute Gasteiger partial charge is 0.459 e. The van der Waals surface area contributed by atoms with E-state index in [2.05, 4.69) is 0 Å². The van der Waals surface area contributed by atoms with Crippen LogP contribution in [0.1, 0.15) is 6.42 Å². The lowest BCUT2D eigenvalue weighted by Gasteiger charge is -2.19. The smallest absolute Gasteiger partial charge is 0.330 e. The summed E-state index contributed by atoms with van der Waals surface area (Å²) in [6.45, 7) is -0.398. The van der Waals surface area contributed by atoms with Gasteiger partial charge in [-0.1, -0.05) is 0 Å². The molecule has 0 aliphatic carbocycles. The van der Waals surface area contributed by atoms with E-state index in [1.807, 2.05) is 0 Å². The first-order valence-corrected chi connectivity index (χ1v) is 2.96. The Kier molecular flexibility index (Phi) is 3.14. The summed E-state index contributed by atoms with van der Waals surface area (Å²) in [5.41, 5.74) is 3.03. The van der Waals surface area contributed by atoms with Crippen molar-refractivity contribution in [3.63, 3.8) is 0 Å². The first kappa shape index (κ1) is 11.3. The fraction of sp³-hybridized carbons (Fsp3) is 0.800. The lowest BCUT2D eigenvalue weighted by atomic mass is 10.1. The zero-order chi connectivity index (χ0) is 9.99. The van der Waals surface area contributed by atoms with Crippen LogP contribution in [0.2, 0.25) is 0 Å². The minimum absolute atomic E-state index is 0.398. The van der Waals surface area contributed by atoms with E-state index in [0.717, 1.165) is 0 Å². The van der Waals surface area contributed by atoms with Crippen molar-refractivity contribution in [2.75, 3.05) is 6.54 Å². The molecule has 0 aromatic carbocycles. The number of alkyl halides is 5. The highest BCUT2D eigenvalue weighted by Gasteiger charge is 2.60. The Morgan fingerprint density at radius 1 is 1.17 bits per heavy atom. The third-order valence-corrected chi connectivity index (χ3v) is 1.13. The molecule has 0 heterocycles. The van der Waals surface area contributed by atoms with Crippen molar-refractivity contribution >= 4 is 5.71 Å². The molecule has 0 saturated heterocycles. The summed E-state index contributed by atoms with van der Waals surface area (Å²) in [5.74, 6) is -5.05. The average Bonchev–Trinajstić information content (AvgIpc) is 1.85. The molecule has 72 valence electrons. The van der Waals surface area contributed by atoms with Gasteiger partial charge in [-0.3, -0.25) is 0 Å². The minimum Gasteiger partial charge on any atom is -0.330 e. The van der Waals surface area contributed by atoms with Gasteiger partial charge in [0.25, 0.3) is 0 Å². The van der Waals surface area contributed by atoms with E-state index in [1.165, 1.54) is 0 Å². The topological polar surface area (TPSA) is 49.9 Å². The molecular formula is C5H7F5N2. The predicted octanol–water partition coefficient (Wildman–Crippen LogP) is 1.55. The van der Waals surface area contributed by atoms with Crippen LogP contribution in [0.25, 0.3) is 0 Å². The molecule has 0 amide bonds. The number of nitrogens with one attached hydrogen (secondary N) is 1. The van der Waals surface area contributed by atoms with Crippen molar-refractivity contribution in [1.29, 1.82) is 5.41 Å². The van der Waals surface area contributed by atoms with Crippen LogP contribution >= 0.6 is 0 Å². The molecule has 0 spiro atoms. The fourth-order valence-electron chi connectivity index (χ4n) is 0.472. The molecule has 0 bridgehead atoms. The molecule has 0 radical (unpaired) electrons. The fourth-order valence-corrected chi connectivity index (χ4v) is 0.472. The first-order chi connectivity index (χ1) is 5.23. The molecule has 7 heteroatoms. The highest BCUT2D eigenvalue weighted by Crippen LogP contribution is 2.36. The molecule has 0 atom stereocenters. The van der Waals surface area contributed by atoms with Gasteiger partial charge < -0.3 is 11.1 Å². The summed E-state index contributed by atoms with van der Waals surface area (Å²) in [6.07, 6.45) is -6.45. The number of hydrogen-bond acceptors (Lipinski definition) is 2. The van der Waals surface area contributed by atoms with Crippen LogP contribution in [-0.2, 0) is 0 Å². The second-order valence-electron chi connectivity index (χ2n) is 2.09. The van der Waals surface area contributed by atoms with Crippen molar-refractivity contribution in [1.82, 2.24) is 0 Å². The molecule has 12 heavy (non-hydrogen) atoms. The van der Waals surface area contributed by atoms with E-state index in [0.29, 0.717) is 0 Å². The molecular weight excluding hydrogens is 183 g/mol. The van der Waals surface area contributed by atoms with E-state index in [1.54, 1.807) is 0 Å². The standard InChI is InChI=1S/C5H7F5N2/c6-4(7,5(8,9)10)3(12)1-2-11/h12H,1-2,11H2. The van der Waals surface area contributed by atoms with Crippen LogP contribution in [0.3, 0.4) is 0 Å². The summed E-state index contributed by atoms with van der Waals surface area (Å²) in [5, 5.41) is 6.40. The van der Waals surface area contributed by atoms with Crippen molar-refractivity contribution < 1.29 is 22.0 Å². The third kappa shape index (κ3) is 2.13. The molecule has 0 aromatic heterocycles. The second kappa shape index (κ2) is 3.34.